The monoisotopic (exact) mass is 736 g/mol. The summed E-state index contributed by atoms with van der Waals surface area (Å²) < 4.78 is 0. The van der Waals surface area contributed by atoms with Gasteiger partial charge in [0.05, 0.1) is 12.2 Å². The van der Waals surface area contributed by atoms with E-state index in [0.29, 0.717) is 0 Å². The Labute approximate surface area is 307 Å². The van der Waals surface area contributed by atoms with E-state index in [9.17, 15) is 30.0 Å². The van der Waals surface area contributed by atoms with Gasteiger partial charge in [0, 0.05) is 11.9 Å². The third kappa shape index (κ3) is 47.0. The van der Waals surface area contributed by atoms with E-state index < -0.39 is 11.9 Å². The Morgan fingerprint density at radius 3 is 0.860 bits per heavy atom. The van der Waals surface area contributed by atoms with Crippen molar-refractivity contribution in [3.8, 4) is 0 Å². The Hall–Kier alpha value is 0.431. The smallest absolute Gasteiger partial charge is 0.550 e. The first-order valence-corrected chi connectivity index (χ1v) is 18.1. The summed E-state index contributed by atoms with van der Waals surface area (Å²) in [6.45, 7) is 4.46. The quantitative estimate of drug-likeness (QED) is 0.0544. The van der Waals surface area contributed by atoms with Gasteiger partial charge in [0.1, 0.15) is 0 Å². The van der Waals surface area contributed by atoms with Crippen LogP contribution in [-0.4, -0.2) is 83.2 Å². The van der Waals surface area contributed by atoms with Crippen molar-refractivity contribution in [3.63, 3.8) is 0 Å². The van der Waals surface area contributed by atoms with Gasteiger partial charge in [-0.1, -0.05) is 155 Å². The van der Waals surface area contributed by atoms with Crippen molar-refractivity contribution in [2.24, 2.45) is 0 Å². The van der Waals surface area contributed by atoms with E-state index >= 15 is 0 Å². The van der Waals surface area contributed by atoms with Crippen molar-refractivity contribution in [2.75, 3.05) is 0 Å². The molecule has 0 spiro atoms. The standard InChI is InChI=1S/2C18H36O3.Ba/c2*1-2-3-4-5-8-11-14-17(19)15-12-9-6-7-10-13-16-18(20)21;/h2*17,19H,2-16H2,1H3,(H,20,21);/q;;+2/p-2. The van der Waals surface area contributed by atoms with Gasteiger partial charge in [-0.3, -0.25) is 0 Å². The van der Waals surface area contributed by atoms with Crippen molar-refractivity contribution in [2.45, 2.75) is 219 Å². The second kappa shape index (κ2) is 40.5. The van der Waals surface area contributed by atoms with E-state index in [1.165, 1.54) is 64.2 Å². The number of carbonyl (C=O) groups excluding carboxylic acids is 2. The van der Waals surface area contributed by atoms with Crippen molar-refractivity contribution in [1.29, 1.82) is 0 Å². The molecule has 0 aliphatic heterocycles. The summed E-state index contributed by atoms with van der Waals surface area (Å²) in [5.41, 5.74) is 0. The van der Waals surface area contributed by atoms with Gasteiger partial charge >= 0.3 is 48.9 Å². The molecule has 0 aromatic carbocycles. The molecule has 6 nitrogen and oxygen atoms in total. The molecule has 0 saturated heterocycles. The number of hydrogen-bond donors (Lipinski definition) is 2. The molecule has 7 heteroatoms. The van der Waals surface area contributed by atoms with Crippen LogP contribution in [0.1, 0.15) is 206 Å². The third-order valence-corrected chi connectivity index (χ3v) is 8.12. The van der Waals surface area contributed by atoms with E-state index in [0.717, 1.165) is 116 Å². The van der Waals surface area contributed by atoms with Crippen LogP contribution in [0, 0.1) is 0 Å². The third-order valence-electron chi connectivity index (χ3n) is 8.12. The van der Waals surface area contributed by atoms with E-state index in [1.54, 1.807) is 0 Å². The minimum atomic E-state index is -0.937. The van der Waals surface area contributed by atoms with E-state index in [2.05, 4.69) is 13.8 Å². The van der Waals surface area contributed by atoms with Crippen molar-refractivity contribution >= 4 is 60.8 Å². The Bertz CT molecular complexity index is 512. The minimum Gasteiger partial charge on any atom is -0.550 e. The maximum atomic E-state index is 10.2. The zero-order valence-electron chi connectivity index (χ0n) is 28.6. The molecular weight excluding hydrogens is 666 g/mol. The number of aliphatic hydroxyl groups is 2. The summed E-state index contributed by atoms with van der Waals surface area (Å²) in [5, 5.41) is 40.2. The first-order chi connectivity index (χ1) is 20.3. The fourth-order valence-electron chi connectivity index (χ4n) is 5.32. The molecule has 0 bridgehead atoms. The van der Waals surface area contributed by atoms with Gasteiger partial charge in [-0.2, -0.15) is 0 Å². The fraction of sp³-hybridized carbons (Fsp3) is 0.944. The molecule has 0 rings (SSSR count). The first-order valence-electron chi connectivity index (χ1n) is 18.1. The molecule has 43 heavy (non-hydrogen) atoms. The first kappa shape index (κ1) is 47.8. The Balaban J connectivity index is -0.000000727. The fourth-order valence-corrected chi connectivity index (χ4v) is 5.32. The number of carboxylic acid groups (broad SMARTS) is 2. The molecule has 0 aromatic rings. The number of aliphatic carboxylic acids is 2. The normalized spacial score (nSPS) is 12.2. The van der Waals surface area contributed by atoms with E-state index in [-0.39, 0.29) is 73.9 Å². The van der Waals surface area contributed by atoms with Crippen LogP contribution in [0.15, 0.2) is 0 Å². The van der Waals surface area contributed by atoms with Crippen LogP contribution in [0.25, 0.3) is 0 Å². The molecular formula is C36H70BaO6. The number of aliphatic hydroxyl groups excluding tert-OH is 2. The van der Waals surface area contributed by atoms with Crippen LogP contribution in [0.2, 0.25) is 0 Å². The second-order valence-electron chi connectivity index (χ2n) is 12.5. The topological polar surface area (TPSA) is 121 Å². The average molecular weight is 736 g/mol. The molecule has 0 radical (unpaired) electrons. The minimum absolute atomic E-state index is 0. The van der Waals surface area contributed by atoms with E-state index in [1.807, 2.05) is 0 Å². The summed E-state index contributed by atoms with van der Waals surface area (Å²) in [4.78, 5) is 20.5. The number of carbonyl (C=O) groups is 2. The van der Waals surface area contributed by atoms with Gasteiger partial charge in [-0.05, 0) is 51.4 Å². The summed E-state index contributed by atoms with van der Waals surface area (Å²) in [7, 11) is 0. The number of rotatable bonds is 32. The van der Waals surface area contributed by atoms with Crippen LogP contribution < -0.4 is 10.2 Å². The van der Waals surface area contributed by atoms with Crippen LogP contribution >= 0.6 is 0 Å². The van der Waals surface area contributed by atoms with Gasteiger partial charge in [0.2, 0.25) is 0 Å². The largest absolute Gasteiger partial charge is 2.00 e. The molecule has 0 aliphatic carbocycles. The van der Waals surface area contributed by atoms with Gasteiger partial charge in [-0.25, -0.2) is 0 Å². The Kier molecular flexibility index (Phi) is 45.0. The van der Waals surface area contributed by atoms with Crippen LogP contribution in [0.5, 0.6) is 0 Å². The maximum Gasteiger partial charge on any atom is 2.00 e. The Morgan fingerprint density at radius 2 is 0.628 bits per heavy atom. The predicted molar refractivity (Wildman–Crippen MR) is 178 cm³/mol. The number of carboxylic acids is 2. The van der Waals surface area contributed by atoms with Crippen molar-refractivity contribution in [1.82, 2.24) is 0 Å². The molecule has 0 aliphatic rings. The molecule has 252 valence electrons. The van der Waals surface area contributed by atoms with Crippen LogP contribution in [0.3, 0.4) is 0 Å². The molecule has 2 atom stereocenters. The molecule has 0 amide bonds. The summed E-state index contributed by atoms with van der Waals surface area (Å²) >= 11 is 0. The molecule has 0 saturated carbocycles. The summed E-state index contributed by atoms with van der Waals surface area (Å²) in [6, 6.07) is 0. The summed E-state index contributed by atoms with van der Waals surface area (Å²) in [5.74, 6) is -1.87. The number of hydrogen-bond acceptors (Lipinski definition) is 6. The molecule has 0 fully saturated rings. The van der Waals surface area contributed by atoms with Gasteiger partial charge in [-0.15, -0.1) is 0 Å². The summed E-state index contributed by atoms with van der Waals surface area (Å²) in [6.07, 6.45) is 31.7. The van der Waals surface area contributed by atoms with Crippen LogP contribution in [0.4, 0.5) is 0 Å². The van der Waals surface area contributed by atoms with Gasteiger partial charge in [0.25, 0.3) is 0 Å². The van der Waals surface area contributed by atoms with Crippen molar-refractivity contribution < 1.29 is 30.0 Å². The zero-order chi connectivity index (χ0) is 31.5. The molecule has 2 N–H and O–H groups in total. The van der Waals surface area contributed by atoms with Gasteiger partial charge < -0.3 is 30.0 Å². The average Bonchev–Trinajstić information content (AvgIpc) is 2.95. The maximum absolute atomic E-state index is 10.2. The Morgan fingerprint density at radius 1 is 0.419 bits per heavy atom. The molecule has 0 heterocycles. The zero-order valence-corrected chi connectivity index (χ0v) is 33.0. The number of unbranched alkanes of at least 4 members (excludes halogenated alkanes) is 20. The van der Waals surface area contributed by atoms with Crippen molar-refractivity contribution in [3.05, 3.63) is 0 Å². The predicted octanol–water partition coefficient (Wildman–Crippen LogP) is 7.56. The molecule has 0 aromatic heterocycles. The SMILES string of the molecule is CCCCCCCCC(O)CCCCCCCCC(=O)[O-].CCCCCCCCC(O)CCCCCCCCC(=O)[O-].[Ba+2]. The second-order valence-corrected chi connectivity index (χ2v) is 12.5. The van der Waals surface area contributed by atoms with E-state index in [4.69, 9.17) is 0 Å². The molecule has 2 unspecified atom stereocenters. The van der Waals surface area contributed by atoms with Crippen LogP contribution in [-0.2, 0) is 9.59 Å². The van der Waals surface area contributed by atoms with Gasteiger partial charge in [0.15, 0.2) is 0 Å².